The van der Waals surface area contributed by atoms with Crippen molar-refractivity contribution in [2.24, 2.45) is 0 Å². The largest absolute Gasteiger partial charge is 0.433 e. The van der Waals surface area contributed by atoms with E-state index >= 15 is 0 Å². The Hall–Kier alpha value is -3.40. The maximum Gasteiger partial charge on any atom is 0.433 e. The van der Waals surface area contributed by atoms with Crippen LogP contribution in [-0.2, 0) is 6.18 Å². The fourth-order valence-corrected chi connectivity index (χ4v) is 4.56. The number of carbonyl (C=O) groups is 1. The average Bonchev–Trinajstić information content (AvgIpc) is 3.23. The number of anilines is 1. The van der Waals surface area contributed by atoms with Gasteiger partial charge >= 0.3 is 6.18 Å². The molecule has 1 fully saturated rings. The van der Waals surface area contributed by atoms with Gasteiger partial charge in [-0.1, -0.05) is 11.6 Å². The zero-order chi connectivity index (χ0) is 23.9. The van der Waals surface area contributed by atoms with Crippen LogP contribution >= 0.6 is 11.6 Å². The van der Waals surface area contributed by atoms with Gasteiger partial charge in [0, 0.05) is 40.6 Å². The van der Waals surface area contributed by atoms with Crippen molar-refractivity contribution in [3.8, 4) is 0 Å². The van der Waals surface area contributed by atoms with Crippen LogP contribution in [0.1, 0.15) is 41.9 Å². The summed E-state index contributed by atoms with van der Waals surface area (Å²) in [4.78, 5) is 24.9. The molecule has 1 saturated carbocycles. The number of halogens is 4. The molecule has 4 aromatic rings. The smallest absolute Gasteiger partial charge is 0.382 e. The molecule has 0 saturated heterocycles. The lowest BCUT2D eigenvalue weighted by molar-refractivity contribution is -0.140. The number of fused-ring (bicyclic) bond motifs is 2. The molecule has 0 radical (unpaired) electrons. The lowest BCUT2D eigenvalue weighted by Crippen LogP contribution is -2.42. The SMILES string of the molecule is O=C(N[C@@H]1CCC[C@H](Nc2cc(C(F)(F)F)nc3ccc(Cl)cc23)C1)c1cnc2ncccn12. The zero-order valence-corrected chi connectivity index (χ0v) is 18.6. The van der Waals surface area contributed by atoms with Crippen molar-refractivity contribution < 1.29 is 18.0 Å². The van der Waals surface area contributed by atoms with E-state index in [2.05, 4.69) is 25.6 Å². The first-order valence-electron chi connectivity index (χ1n) is 10.8. The van der Waals surface area contributed by atoms with Crippen molar-refractivity contribution in [1.29, 1.82) is 0 Å². The standard InChI is InChI=1S/C23H20ClF3N6O/c24-13-5-6-17-16(9-13)18(11-20(32-17)23(25,26)27)30-14-3-1-4-15(10-14)31-21(34)19-12-29-22-28-7-2-8-33(19)22/h2,5-9,11-12,14-15H,1,3-4,10H2,(H,30,32)(H,31,34)/t14-,15+/m0/s1. The molecule has 176 valence electrons. The van der Waals surface area contributed by atoms with Gasteiger partial charge in [0.15, 0.2) is 0 Å². The van der Waals surface area contributed by atoms with Gasteiger partial charge in [0.25, 0.3) is 5.91 Å². The number of benzene rings is 1. The summed E-state index contributed by atoms with van der Waals surface area (Å²) in [5, 5.41) is 7.21. The van der Waals surface area contributed by atoms with Crippen LogP contribution in [0.25, 0.3) is 16.7 Å². The van der Waals surface area contributed by atoms with Crippen molar-refractivity contribution in [2.75, 3.05) is 5.32 Å². The monoisotopic (exact) mass is 488 g/mol. The number of hydrogen-bond acceptors (Lipinski definition) is 5. The minimum absolute atomic E-state index is 0.131. The molecule has 0 aliphatic heterocycles. The van der Waals surface area contributed by atoms with E-state index in [1.54, 1.807) is 28.9 Å². The molecule has 1 aromatic carbocycles. The predicted molar refractivity (Wildman–Crippen MR) is 122 cm³/mol. The Balaban J connectivity index is 1.35. The third-order valence-electron chi connectivity index (χ3n) is 5.95. The van der Waals surface area contributed by atoms with Crippen molar-refractivity contribution in [3.05, 3.63) is 65.3 Å². The Kier molecular flexibility index (Phi) is 5.76. The highest BCUT2D eigenvalue weighted by Crippen LogP contribution is 2.35. The molecule has 1 aliphatic rings. The van der Waals surface area contributed by atoms with Crippen molar-refractivity contribution in [2.45, 2.75) is 43.9 Å². The molecule has 0 spiro atoms. The molecule has 2 atom stereocenters. The van der Waals surface area contributed by atoms with Gasteiger partial charge in [-0.3, -0.25) is 9.20 Å². The quantitative estimate of drug-likeness (QED) is 0.417. The minimum Gasteiger partial charge on any atom is -0.382 e. The first-order chi connectivity index (χ1) is 16.3. The van der Waals surface area contributed by atoms with E-state index in [9.17, 15) is 18.0 Å². The van der Waals surface area contributed by atoms with Gasteiger partial charge in [-0.2, -0.15) is 13.2 Å². The Bertz CT molecular complexity index is 1370. The molecule has 0 unspecified atom stereocenters. The van der Waals surface area contributed by atoms with E-state index in [0.29, 0.717) is 34.0 Å². The molecule has 2 N–H and O–H groups in total. The molecule has 3 aromatic heterocycles. The van der Waals surface area contributed by atoms with Gasteiger partial charge in [0.1, 0.15) is 11.4 Å². The number of pyridine rings is 1. The second-order valence-corrected chi connectivity index (χ2v) is 8.76. The Morgan fingerprint density at radius 1 is 1.15 bits per heavy atom. The van der Waals surface area contributed by atoms with Crippen LogP contribution in [0.15, 0.2) is 48.9 Å². The van der Waals surface area contributed by atoms with Gasteiger partial charge < -0.3 is 10.6 Å². The Morgan fingerprint density at radius 2 is 1.97 bits per heavy atom. The number of rotatable bonds is 4. The Morgan fingerprint density at radius 3 is 2.79 bits per heavy atom. The summed E-state index contributed by atoms with van der Waals surface area (Å²) < 4.78 is 41.9. The number of carbonyl (C=O) groups excluding carboxylic acids is 1. The van der Waals surface area contributed by atoms with Crippen molar-refractivity contribution in [1.82, 2.24) is 24.7 Å². The fraction of sp³-hybridized carbons (Fsp3) is 0.304. The third-order valence-corrected chi connectivity index (χ3v) is 6.19. The molecule has 11 heteroatoms. The topological polar surface area (TPSA) is 84.2 Å². The van der Waals surface area contributed by atoms with Crippen LogP contribution in [0.3, 0.4) is 0 Å². The molecule has 3 heterocycles. The number of amides is 1. The van der Waals surface area contributed by atoms with Gasteiger partial charge in [0.2, 0.25) is 5.78 Å². The van der Waals surface area contributed by atoms with Crippen LogP contribution in [0, 0.1) is 0 Å². The number of alkyl halides is 3. The van der Waals surface area contributed by atoms with Gasteiger partial charge in [-0.15, -0.1) is 0 Å². The van der Waals surface area contributed by atoms with Gasteiger partial charge in [0.05, 0.1) is 11.7 Å². The Labute approximate surface area is 197 Å². The molecule has 0 bridgehead atoms. The molecule has 34 heavy (non-hydrogen) atoms. The number of aromatic nitrogens is 4. The molecule has 1 amide bonds. The number of nitrogens with one attached hydrogen (secondary N) is 2. The normalized spacial score (nSPS) is 18.8. The summed E-state index contributed by atoms with van der Waals surface area (Å²) >= 11 is 6.10. The highest BCUT2D eigenvalue weighted by Gasteiger charge is 2.34. The van der Waals surface area contributed by atoms with E-state index in [1.165, 1.54) is 18.3 Å². The summed E-state index contributed by atoms with van der Waals surface area (Å²) in [6, 6.07) is 7.06. The average molecular weight is 489 g/mol. The van der Waals surface area contributed by atoms with Crippen molar-refractivity contribution in [3.63, 3.8) is 0 Å². The highest BCUT2D eigenvalue weighted by molar-refractivity contribution is 6.31. The first kappa shape index (κ1) is 22.4. The summed E-state index contributed by atoms with van der Waals surface area (Å²) in [6.07, 6.45) is 3.12. The molecular formula is C23H20ClF3N6O. The summed E-state index contributed by atoms with van der Waals surface area (Å²) in [5.74, 6) is 0.159. The molecule has 7 nitrogen and oxygen atoms in total. The number of nitrogens with zero attached hydrogens (tertiary/aromatic N) is 4. The zero-order valence-electron chi connectivity index (χ0n) is 17.8. The molecular weight excluding hydrogens is 469 g/mol. The van der Waals surface area contributed by atoms with Crippen LogP contribution in [-0.4, -0.2) is 37.3 Å². The van der Waals surface area contributed by atoms with E-state index in [1.807, 2.05) is 0 Å². The lowest BCUT2D eigenvalue weighted by Gasteiger charge is -2.31. The number of imidazole rings is 1. The maximum absolute atomic E-state index is 13.4. The predicted octanol–water partition coefficient (Wildman–Crippen LogP) is 5.10. The van der Waals surface area contributed by atoms with Crippen LogP contribution in [0.2, 0.25) is 5.02 Å². The maximum atomic E-state index is 13.4. The third kappa shape index (κ3) is 4.50. The second kappa shape index (κ2) is 8.75. The number of hydrogen-bond donors (Lipinski definition) is 2. The summed E-state index contributed by atoms with van der Waals surface area (Å²) in [5.41, 5.74) is -0.0530. The summed E-state index contributed by atoms with van der Waals surface area (Å²) in [6.45, 7) is 0. The van der Waals surface area contributed by atoms with Crippen molar-refractivity contribution >= 4 is 39.9 Å². The van der Waals surface area contributed by atoms with Gasteiger partial charge in [-0.05, 0) is 56.0 Å². The van der Waals surface area contributed by atoms with Crippen LogP contribution in [0.4, 0.5) is 18.9 Å². The van der Waals surface area contributed by atoms with Crippen LogP contribution in [0.5, 0.6) is 0 Å². The summed E-state index contributed by atoms with van der Waals surface area (Å²) in [7, 11) is 0. The highest BCUT2D eigenvalue weighted by atomic mass is 35.5. The molecule has 5 rings (SSSR count). The van der Waals surface area contributed by atoms with Crippen LogP contribution < -0.4 is 10.6 Å². The molecule has 1 aliphatic carbocycles. The second-order valence-electron chi connectivity index (χ2n) is 8.33. The minimum atomic E-state index is -4.57. The van der Waals surface area contributed by atoms with Gasteiger partial charge in [-0.25, -0.2) is 15.0 Å². The van der Waals surface area contributed by atoms with E-state index < -0.39 is 11.9 Å². The fourth-order valence-electron chi connectivity index (χ4n) is 4.39. The van der Waals surface area contributed by atoms with E-state index in [4.69, 9.17) is 11.6 Å². The first-order valence-corrected chi connectivity index (χ1v) is 11.2. The van der Waals surface area contributed by atoms with E-state index in [-0.39, 0.29) is 23.5 Å². The lowest BCUT2D eigenvalue weighted by atomic mass is 9.90. The van der Waals surface area contributed by atoms with E-state index in [0.717, 1.165) is 25.3 Å².